The first-order valence-electron chi connectivity index (χ1n) is 36.4. The topological polar surface area (TPSA) is 111 Å². The molecule has 0 spiro atoms. The average Bonchev–Trinajstić information content (AvgIpc) is 1.72. The summed E-state index contributed by atoms with van der Waals surface area (Å²) in [5.41, 5.74) is 5.99. The third-order valence-electron chi connectivity index (χ3n) is 19.6. The number of rotatable bonds is 35. The summed E-state index contributed by atoms with van der Waals surface area (Å²) in [7, 11) is -18.7. The third kappa shape index (κ3) is 41.1. The van der Waals surface area contributed by atoms with Gasteiger partial charge in [0.15, 0.2) is 118 Å². The smallest absolute Gasteiger partial charge is 0.198 e. The summed E-state index contributed by atoms with van der Waals surface area (Å²) in [6, 6.07) is 11.4. The molecule has 0 aromatic carbocycles. The van der Waals surface area contributed by atoms with E-state index >= 15 is 0 Å². The van der Waals surface area contributed by atoms with Crippen LogP contribution in [-0.4, -0.2) is 175 Å². The van der Waals surface area contributed by atoms with Crippen molar-refractivity contribution < 1.29 is 47.1 Å². The summed E-state index contributed by atoms with van der Waals surface area (Å²) in [6.45, 7) is 77.1. The highest BCUT2D eigenvalue weighted by Gasteiger charge is 2.47. The predicted octanol–water partition coefficient (Wildman–Crippen LogP) is 18.1. The zero-order chi connectivity index (χ0) is 70.1. The fourth-order valence-corrected chi connectivity index (χ4v) is 70.7. The molecule has 0 N–H and O–H groups in total. The summed E-state index contributed by atoms with van der Waals surface area (Å²) in [6.07, 6.45) is 19.8. The van der Waals surface area contributed by atoms with Crippen LogP contribution in [0.15, 0.2) is 36.8 Å². The van der Waals surface area contributed by atoms with Crippen LogP contribution in [0.2, 0.25) is 238 Å². The molecule has 0 radical (unpaired) electrons. The Balaban J connectivity index is 0.000000428. The molecule has 6 fully saturated rings. The van der Waals surface area contributed by atoms with Crippen LogP contribution in [0.4, 0.5) is 0 Å². The Bertz CT molecular complexity index is 2130. The summed E-state index contributed by atoms with van der Waals surface area (Å²) in [5, 5.41) is 0. The fourth-order valence-electron chi connectivity index (χ4n) is 13.6. The highest BCUT2D eigenvalue weighted by molar-refractivity contribution is 6.91. The van der Waals surface area contributed by atoms with E-state index in [4.69, 9.17) is 47.1 Å². The van der Waals surface area contributed by atoms with E-state index in [2.05, 4.69) is 209 Å². The Morgan fingerprint density at radius 3 is 0.813 bits per heavy atom. The maximum Gasteiger partial charge on any atom is 0.198 e. The molecule has 3 saturated heterocycles. The maximum atomic E-state index is 7.00. The van der Waals surface area contributed by atoms with E-state index in [0.29, 0.717) is 36.6 Å². The van der Waals surface area contributed by atoms with E-state index in [9.17, 15) is 0 Å². The van der Waals surface area contributed by atoms with Crippen LogP contribution in [-0.2, 0) is 47.1 Å². The molecular weight excluding hydrogens is 1390 g/mol. The molecule has 3 heterocycles. The Kier molecular flexibility index (Phi) is 37.3. The van der Waals surface area contributed by atoms with Crippen molar-refractivity contribution in [1.82, 2.24) is 0 Å². The van der Waals surface area contributed by atoms with Gasteiger partial charge in [0.05, 0.1) is 36.6 Å². The first-order chi connectivity index (χ1) is 41.2. The molecule has 9 atom stereocenters. The maximum absolute atomic E-state index is 7.00. The van der Waals surface area contributed by atoms with Crippen molar-refractivity contribution in [1.29, 1.82) is 0 Å². The van der Waals surface area contributed by atoms with Gasteiger partial charge in [0.1, 0.15) is 21.0 Å². The lowest BCUT2D eigenvalue weighted by Crippen LogP contribution is -2.48. The van der Waals surface area contributed by atoms with E-state index in [1.807, 2.05) is 11.4 Å². The van der Waals surface area contributed by atoms with Crippen LogP contribution in [0, 0.1) is 17.8 Å². The highest BCUT2D eigenvalue weighted by atomic mass is 28.4. The van der Waals surface area contributed by atoms with Gasteiger partial charge in [-0.05, 0) is 313 Å². The minimum atomic E-state index is -1.69. The van der Waals surface area contributed by atoms with Crippen molar-refractivity contribution in [3.05, 3.63) is 36.8 Å². The van der Waals surface area contributed by atoms with Crippen LogP contribution >= 0.6 is 0 Å². The van der Waals surface area contributed by atoms with Gasteiger partial charge < -0.3 is 47.1 Å². The van der Waals surface area contributed by atoms with Crippen LogP contribution in [0.25, 0.3) is 0 Å². The molecule has 11 nitrogen and oxygen atoms in total. The Morgan fingerprint density at radius 1 is 0.330 bits per heavy atom. The number of hydrogen-bond acceptors (Lipinski definition) is 11. The van der Waals surface area contributed by atoms with Gasteiger partial charge in [-0.2, -0.15) is 0 Å². The highest BCUT2D eigenvalue weighted by Crippen LogP contribution is 2.45. The lowest BCUT2D eigenvalue weighted by molar-refractivity contribution is 0.355. The van der Waals surface area contributed by atoms with E-state index in [-0.39, 0.29) is 0 Å². The standard InChI is InChI=1S/C22H54O4Si6.C20H44O3Si4.C12H26O2Si2.C8H18OSi2.C2H10OSi2/c1-28(2,24-27)15-16-30(5,6)26-32(9,10)18-17-31(7,8)25-29(3,4)14-13-20-11-12-21-22(19-20)23-21;1-10-24(2,3)22-26(6,7)15-16-27(8,9)23-25(4,5)14-13-18-11-12-19-20(17-18)21-19;1-15(2)14-16(3,4)8-7-10-5-6-11-12(9-10)13-11;1-7-10(3,4)9-11(5,6)8-2;1-5(2)3-4/h20-22H,11-19H2,1-10,27H3;10,18-20H,1,11-17H2,2-9H3;10-12,15H,5-9H2,1-4H3;7-8H,1-2H2,3-6H3;5H,1-2,4H3. The zero-order valence-electron chi connectivity index (χ0n) is 65.5. The van der Waals surface area contributed by atoms with Crippen molar-refractivity contribution in [2.45, 2.75) is 351 Å². The van der Waals surface area contributed by atoms with Gasteiger partial charge in [0, 0.05) is 0 Å². The average molecular weight is 1550 g/mol. The minimum absolute atomic E-state index is 0.588. The van der Waals surface area contributed by atoms with Gasteiger partial charge >= 0.3 is 0 Å². The fraction of sp³-hybridized carbons (Fsp3) is 0.906. The number of fused-ring (bicyclic) bond motifs is 3. The molecule has 6 aliphatic rings. The van der Waals surface area contributed by atoms with Crippen LogP contribution < -0.4 is 0 Å². The SMILES string of the molecule is C=C[Si](C)(C)O[Si](C)(C)C=C.C=C[Si](C)(C)O[Si](C)(C)CC[Si](C)(C)O[Si](C)(C)CCC1CCC2OC2C1.C[SiH](C)O[SiH3].C[SiH](C)O[Si](C)(C)CCC1CCC2OC2C1.C[Si](C)(CC[Si](C)(C)O[Si](C)(C)CC[Si](C)(C)O[Si](C)(C)CCC1CCC2OC2C1)O[SiH3]. The second-order valence-electron chi connectivity index (χ2n) is 36.2. The molecule has 91 heavy (non-hydrogen) atoms. The van der Waals surface area contributed by atoms with Crippen LogP contribution in [0.3, 0.4) is 0 Å². The van der Waals surface area contributed by atoms with Gasteiger partial charge in [-0.25, -0.2) is 0 Å². The second-order valence-corrected chi connectivity index (χ2v) is 96.0. The van der Waals surface area contributed by atoms with E-state index in [1.54, 1.807) is 0 Å². The first-order valence-corrected chi connectivity index (χ1v) is 80.5. The second kappa shape index (κ2) is 38.0. The molecule has 27 heteroatoms. The van der Waals surface area contributed by atoms with Crippen LogP contribution in [0.5, 0.6) is 0 Å². The van der Waals surface area contributed by atoms with Gasteiger partial charge in [0.25, 0.3) is 0 Å². The lowest BCUT2D eigenvalue weighted by Gasteiger charge is -2.39. The summed E-state index contributed by atoms with van der Waals surface area (Å²) < 4.78 is 67.6. The van der Waals surface area contributed by atoms with Gasteiger partial charge in [-0.15, -0.1) is 19.7 Å². The van der Waals surface area contributed by atoms with Crippen molar-refractivity contribution in [3.8, 4) is 0 Å². The molecule has 9 unspecified atom stereocenters. The molecule has 0 aromatic rings. The Labute approximate surface area is 587 Å². The van der Waals surface area contributed by atoms with Gasteiger partial charge in [-0.1, -0.05) is 36.4 Å². The molecule has 3 aliphatic heterocycles. The molecule has 0 bridgehead atoms. The monoisotopic (exact) mass is 1540 g/mol. The molecule has 6 rings (SSSR count). The summed E-state index contributed by atoms with van der Waals surface area (Å²) in [4.78, 5) is 0. The summed E-state index contributed by atoms with van der Waals surface area (Å²) >= 11 is 0. The molecule has 0 aromatic heterocycles. The molecule has 3 aliphatic carbocycles. The quantitative estimate of drug-likeness (QED) is 0.0447. The molecular formula is C64H152O11Si16. The Morgan fingerprint density at radius 2 is 0.571 bits per heavy atom. The summed E-state index contributed by atoms with van der Waals surface area (Å²) in [5.74, 6) is 2.67. The van der Waals surface area contributed by atoms with Crippen molar-refractivity contribution >= 4 is 139 Å². The van der Waals surface area contributed by atoms with Crippen molar-refractivity contribution in [3.63, 3.8) is 0 Å². The Hall–Kier alpha value is 2.25. The number of epoxide rings is 3. The minimum Gasteiger partial charge on any atom is -0.466 e. The van der Waals surface area contributed by atoms with Gasteiger partial charge in [0.2, 0.25) is 0 Å². The van der Waals surface area contributed by atoms with Crippen molar-refractivity contribution in [2.24, 2.45) is 17.8 Å². The molecule has 0 amide bonds. The lowest BCUT2D eigenvalue weighted by atomic mass is 9.88. The van der Waals surface area contributed by atoms with Crippen LogP contribution in [0.1, 0.15) is 77.0 Å². The largest absolute Gasteiger partial charge is 0.466 e. The molecule has 538 valence electrons. The number of ether oxygens (including phenoxy) is 3. The third-order valence-corrected chi connectivity index (χ3v) is 71.6. The normalized spacial score (nSPS) is 24.8. The van der Waals surface area contributed by atoms with E-state index in [0.717, 1.165) is 38.7 Å². The van der Waals surface area contributed by atoms with Crippen molar-refractivity contribution in [2.75, 3.05) is 0 Å². The van der Waals surface area contributed by atoms with E-state index in [1.165, 1.54) is 131 Å². The zero-order valence-corrected chi connectivity index (χ0v) is 83.9. The van der Waals surface area contributed by atoms with Gasteiger partial charge in [-0.3, -0.25) is 0 Å². The predicted molar refractivity (Wildman–Crippen MR) is 442 cm³/mol. The number of hydrogen-bond donors (Lipinski definition) is 0. The first kappa shape index (κ1) is 89.3. The van der Waals surface area contributed by atoms with E-state index < -0.39 is 118 Å². The molecule has 3 saturated carbocycles.